The summed E-state index contributed by atoms with van der Waals surface area (Å²) in [6, 6.07) is 8.95. The molecular weight excluding hydrogens is 280 g/mol. The molecule has 2 amide bonds. The van der Waals surface area contributed by atoms with Crippen LogP contribution in [0.25, 0.3) is 5.70 Å². The summed E-state index contributed by atoms with van der Waals surface area (Å²) in [6.07, 6.45) is 1.56. The maximum absolute atomic E-state index is 12.5. The number of esters is 1. The second kappa shape index (κ2) is 7.11. The fourth-order valence-corrected chi connectivity index (χ4v) is 2.66. The predicted octanol–water partition coefficient (Wildman–Crippen LogP) is 2.78. The highest BCUT2D eigenvalue weighted by molar-refractivity contribution is 6.04. The van der Waals surface area contributed by atoms with Gasteiger partial charge < -0.3 is 10.1 Å². The van der Waals surface area contributed by atoms with E-state index in [9.17, 15) is 9.59 Å². The van der Waals surface area contributed by atoms with Gasteiger partial charge in [-0.1, -0.05) is 43.7 Å². The Bertz CT molecular complexity index is 581. The number of rotatable bonds is 5. The average Bonchev–Trinajstić information content (AvgIpc) is 2.51. The van der Waals surface area contributed by atoms with E-state index in [4.69, 9.17) is 4.74 Å². The van der Waals surface area contributed by atoms with Crippen molar-refractivity contribution in [1.82, 2.24) is 10.2 Å². The van der Waals surface area contributed by atoms with Crippen LogP contribution in [0.2, 0.25) is 0 Å². The topological polar surface area (TPSA) is 58.6 Å². The molecule has 1 aromatic carbocycles. The summed E-state index contributed by atoms with van der Waals surface area (Å²) in [7, 11) is 1.67. The fourth-order valence-electron chi connectivity index (χ4n) is 2.66. The van der Waals surface area contributed by atoms with Crippen molar-refractivity contribution in [3.05, 3.63) is 41.5 Å². The van der Waals surface area contributed by atoms with E-state index in [-0.39, 0.29) is 18.0 Å². The minimum absolute atomic E-state index is 0.203. The molecule has 1 heterocycles. The van der Waals surface area contributed by atoms with Gasteiger partial charge in [0.1, 0.15) is 0 Å². The zero-order valence-corrected chi connectivity index (χ0v) is 13.3. The lowest BCUT2D eigenvalue weighted by atomic mass is 9.94. The molecule has 0 spiro atoms. The zero-order chi connectivity index (χ0) is 16.1. The van der Waals surface area contributed by atoms with E-state index in [1.165, 1.54) is 4.90 Å². The number of urea groups is 1. The Kier molecular flexibility index (Phi) is 5.20. The van der Waals surface area contributed by atoms with Crippen LogP contribution in [-0.2, 0) is 9.53 Å². The molecule has 0 saturated carbocycles. The number of amides is 2. The Morgan fingerprint density at radius 3 is 2.55 bits per heavy atom. The molecule has 5 nitrogen and oxygen atoms in total. The normalized spacial score (nSPS) is 18.2. The van der Waals surface area contributed by atoms with Crippen molar-refractivity contribution in [3.8, 4) is 0 Å². The molecule has 1 unspecified atom stereocenters. The van der Waals surface area contributed by atoms with Gasteiger partial charge in [-0.05, 0) is 18.9 Å². The summed E-state index contributed by atoms with van der Waals surface area (Å²) in [6.45, 7) is 4.11. The van der Waals surface area contributed by atoms with E-state index in [0.29, 0.717) is 24.3 Å². The molecule has 2 rings (SSSR count). The van der Waals surface area contributed by atoms with E-state index in [0.717, 1.165) is 12.0 Å². The Morgan fingerprint density at radius 2 is 1.95 bits per heavy atom. The van der Waals surface area contributed by atoms with Crippen LogP contribution < -0.4 is 5.32 Å². The molecular formula is C17H22N2O3. The van der Waals surface area contributed by atoms with E-state index >= 15 is 0 Å². The molecule has 1 atom stereocenters. The number of nitrogens with zero attached hydrogens (tertiary/aromatic N) is 1. The van der Waals surface area contributed by atoms with Crippen molar-refractivity contribution in [2.24, 2.45) is 0 Å². The van der Waals surface area contributed by atoms with Gasteiger partial charge in [0.15, 0.2) is 0 Å². The van der Waals surface area contributed by atoms with Gasteiger partial charge >= 0.3 is 12.0 Å². The quantitative estimate of drug-likeness (QED) is 0.851. The SMILES string of the molecule is CCCC1NC(=O)N(C)C(c2ccccc2)=C1C(=O)OCC. The maximum atomic E-state index is 12.5. The van der Waals surface area contributed by atoms with Gasteiger partial charge in [-0.2, -0.15) is 0 Å². The summed E-state index contributed by atoms with van der Waals surface area (Å²) >= 11 is 0. The van der Waals surface area contributed by atoms with Crippen molar-refractivity contribution >= 4 is 17.7 Å². The van der Waals surface area contributed by atoms with E-state index < -0.39 is 0 Å². The number of hydrogen-bond acceptors (Lipinski definition) is 3. The third-order valence-electron chi connectivity index (χ3n) is 3.66. The first-order chi connectivity index (χ1) is 10.6. The van der Waals surface area contributed by atoms with Crippen molar-refractivity contribution in [1.29, 1.82) is 0 Å². The average molecular weight is 302 g/mol. The first kappa shape index (κ1) is 16.1. The van der Waals surface area contributed by atoms with Gasteiger partial charge in [0.2, 0.25) is 0 Å². The number of carbonyl (C=O) groups excluding carboxylic acids is 2. The van der Waals surface area contributed by atoms with Gasteiger partial charge in [0.05, 0.1) is 23.9 Å². The largest absolute Gasteiger partial charge is 0.463 e. The molecule has 0 aromatic heterocycles. The summed E-state index contributed by atoms with van der Waals surface area (Å²) < 4.78 is 5.22. The standard InChI is InChI=1S/C17H22N2O3/c1-4-9-13-14(16(20)22-5-2)15(19(3)17(21)18-13)12-10-7-6-8-11-12/h6-8,10-11,13H,4-5,9H2,1-3H3,(H,18,21). The first-order valence-electron chi connectivity index (χ1n) is 7.61. The van der Waals surface area contributed by atoms with Gasteiger partial charge in [0.25, 0.3) is 0 Å². The lowest BCUT2D eigenvalue weighted by Crippen LogP contribution is -2.50. The number of nitrogens with one attached hydrogen (secondary N) is 1. The van der Waals surface area contributed by atoms with Crippen molar-refractivity contribution in [2.75, 3.05) is 13.7 Å². The van der Waals surface area contributed by atoms with Crippen molar-refractivity contribution in [2.45, 2.75) is 32.7 Å². The van der Waals surface area contributed by atoms with E-state index in [1.807, 2.05) is 37.3 Å². The molecule has 1 aromatic rings. The Hall–Kier alpha value is -2.30. The second-order valence-electron chi connectivity index (χ2n) is 5.20. The first-order valence-corrected chi connectivity index (χ1v) is 7.61. The van der Waals surface area contributed by atoms with Crippen LogP contribution in [0, 0.1) is 0 Å². The molecule has 1 aliphatic rings. The van der Waals surface area contributed by atoms with Crippen LogP contribution >= 0.6 is 0 Å². The smallest absolute Gasteiger partial charge is 0.338 e. The molecule has 22 heavy (non-hydrogen) atoms. The third kappa shape index (κ3) is 3.13. The van der Waals surface area contributed by atoms with Crippen LogP contribution in [-0.4, -0.2) is 36.6 Å². The summed E-state index contributed by atoms with van der Waals surface area (Å²) in [5, 5.41) is 2.88. The van der Waals surface area contributed by atoms with Gasteiger partial charge in [-0.15, -0.1) is 0 Å². The Morgan fingerprint density at radius 1 is 1.27 bits per heavy atom. The van der Waals surface area contributed by atoms with E-state index in [2.05, 4.69) is 5.32 Å². The molecule has 0 fully saturated rings. The summed E-state index contributed by atoms with van der Waals surface area (Å²) in [5.74, 6) is -0.369. The fraction of sp³-hybridized carbons (Fsp3) is 0.412. The van der Waals surface area contributed by atoms with Crippen LogP contribution in [0.15, 0.2) is 35.9 Å². The summed E-state index contributed by atoms with van der Waals surface area (Å²) in [4.78, 5) is 26.2. The minimum Gasteiger partial charge on any atom is -0.463 e. The van der Waals surface area contributed by atoms with Gasteiger partial charge in [-0.25, -0.2) is 9.59 Å². The highest BCUT2D eigenvalue weighted by atomic mass is 16.5. The molecule has 1 aliphatic heterocycles. The molecule has 0 radical (unpaired) electrons. The van der Waals surface area contributed by atoms with Gasteiger partial charge in [0, 0.05) is 7.05 Å². The van der Waals surface area contributed by atoms with Crippen molar-refractivity contribution < 1.29 is 14.3 Å². The maximum Gasteiger partial charge on any atom is 0.338 e. The monoisotopic (exact) mass is 302 g/mol. The molecule has 0 aliphatic carbocycles. The zero-order valence-electron chi connectivity index (χ0n) is 13.3. The number of ether oxygens (including phenoxy) is 1. The van der Waals surface area contributed by atoms with Crippen molar-refractivity contribution in [3.63, 3.8) is 0 Å². The summed E-state index contributed by atoms with van der Waals surface area (Å²) in [5.41, 5.74) is 1.99. The van der Waals surface area contributed by atoms with Crippen LogP contribution in [0.4, 0.5) is 4.79 Å². The third-order valence-corrected chi connectivity index (χ3v) is 3.66. The number of benzene rings is 1. The number of hydrogen-bond donors (Lipinski definition) is 1. The molecule has 0 bridgehead atoms. The molecule has 1 N–H and O–H groups in total. The Labute approximate surface area is 130 Å². The molecule has 5 heteroatoms. The minimum atomic E-state index is -0.369. The van der Waals surface area contributed by atoms with Crippen LogP contribution in [0.3, 0.4) is 0 Å². The van der Waals surface area contributed by atoms with Crippen LogP contribution in [0.1, 0.15) is 32.3 Å². The van der Waals surface area contributed by atoms with Crippen LogP contribution in [0.5, 0.6) is 0 Å². The highest BCUT2D eigenvalue weighted by Crippen LogP contribution is 2.30. The van der Waals surface area contributed by atoms with E-state index in [1.54, 1.807) is 14.0 Å². The second-order valence-corrected chi connectivity index (χ2v) is 5.20. The van der Waals surface area contributed by atoms with Gasteiger partial charge in [-0.3, -0.25) is 4.90 Å². The highest BCUT2D eigenvalue weighted by Gasteiger charge is 2.35. The lowest BCUT2D eigenvalue weighted by molar-refractivity contribution is -0.138. The number of carbonyl (C=O) groups is 2. The molecule has 0 saturated heterocycles. The Balaban J connectivity index is 2.59. The lowest BCUT2D eigenvalue weighted by Gasteiger charge is -2.34. The predicted molar refractivity (Wildman–Crippen MR) is 85.0 cm³/mol. The molecule has 118 valence electrons.